The van der Waals surface area contributed by atoms with Gasteiger partial charge in [-0.2, -0.15) is 13.2 Å². The smallest absolute Gasteiger partial charge is 0.396 e. The Balaban J connectivity index is 2.85. The molecule has 0 fully saturated rings. The maximum Gasteiger partial charge on any atom is 0.419 e. The number of nitrogens with zero attached hydrogens (tertiary/aromatic N) is 3. The van der Waals surface area contributed by atoms with Crippen LogP contribution in [0.1, 0.15) is 39.3 Å². The lowest BCUT2D eigenvalue weighted by Crippen LogP contribution is -2.48. The minimum absolute atomic E-state index is 0.0673. The van der Waals surface area contributed by atoms with E-state index in [1.165, 1.54) is 6.20 Å². The molecule has 0 bridgehead atoms. The monoisotopic (exact) mass is 309 g/mol. The molecule has 0 saturated heterocycles. The molecule has 0 radical (unpaired) electrons. The first kappa shape index (κ1) is 17.9. The highest BCUT2D eigenvalue weighted by molar-refractivity contribution is 4.98. The van der Waals surface area contributed by atoms with Gasteiger partial charge in [0.05, 0.1) is 12.2 Å². The second-order valence-electron chi connectivity index (χ2n) is 6.19. The van der Waals surface area contributed by atoms with Crippen LogP contribution in [0, 0.1) is 5.41 Å². The standard InChI is InChI=1S/C13H22F3N3O2/c1-4-5-12(21,13(14,15)16)8-19-7-10(17-18-19)6-11(2,3)9-20/h7,20-21H,4-6,8-9H2,1-3H3. The van der Waals surface area contributed by atoms with Crippen molar-refractivity contribution in [3.63, 3.8) is 0 Å². The Kier molecular flexibility index (Phi) is 5.38. The normalized spacial score (nSPS) is 16.0. The van der Waals surface area contributed by atoms with Crippen molar-refractivity contribution in [2.75, 3.05) is 6.61 Å². The van der Waals surface area contributed by atoms with Gasteiger partial charge in [-0.3, -0.25) is 0 Å². The lowest BCUT2D eigenvalue weighted by Gasteiger charge is -2.29. The molecule has 1 aromatic rings. The molecule has 0 amide bonds. The molecule has 0 aromatic carbocycles. The van der Waals surface area contributed by atoms with Crippen molar-refractivity contribution in [1.29, 1.82) is 0 Å². The number of hydrogen-bond donors (Lipinski definition) is 2. The van der Waals surface area contributed by atoms with Crippen LogP contribution >= 0.6 is 0 Å². The summed E-state index contributed by atoms with van der Waals surface area (Å²) in [6, 6.07) is 0. The average Bonchev–Trinajstić information content (AvgIpc) is 2.74. The SMILES string of the molecule is CCCC(O)(Cn1cc(CC(C)(C)CO)nn1)C(F)(F)F. The highest BCUT2D eigenvalue weighted by atomic mass is 19.4. The minimum Gasteiger partial charge on any atom is -0.396 e. The van der Waals surface area contributed by atoms with Crippen molar-refractivity contribution in [3.05, 3.63) is 11.9 Å². The van der Waals surface area contributed by atoms with Gasteiger partial charge in [-0.15, -0.1) is 5.10 Å². The molecule has 2 N–H and O–H groups in total. The van der Waals surface area contributed by atoms with Crippen LogP contribution in [0.25, 0.3) is 0 Å². The summed E-state index contributed by atoms with van der Waals surface area (Å²) in [5, 5.41) is 26.5. The van der Waals surface area contributed by atoms with Crippen LogP contribution < -0.4 is 0 Å². The number of aromatic nitrogens is 3. The summed E-state index contributed by atoms with van der Waals surface area (Å²) in [5.74, 6) is 0. The zero-order chi connectivity index (χ0) is 16.3. The third-order valence-corrected chi connectivity index (χ3v) is 3.29. The van der Waals surface area contributed by atoms with Crippen molar-refractivity contribution in [2.24, 2.45) is 5.41 Å². The molecule has 1 aromatic heterocycles. The van der Waals surface area contributed by atoms with Crippen LogP contribution in [0.5, 0.6) is 0 Å². The van der Waals surface area contributed by atoms with E-state index in [1.54, 1.807) is 6.92 Å². The molecule has 0 aliphatic carbocycles. The fourth-order valence-electron chi connectivity index (χ4n) is 2.04. The van der Waals surface area contributed by atoms with E-state index in [2.05, 4.69) is 10.3 Å². The summed E-state index contributed by atoms with van der Waals surface area (Å²) in [5.41, 5.74) is -2.75. The first-order valence-electron chi connectivity index (χ1n) is 6.82. The molecule has 1 unspecified atom stereocenters. The molecular weight excluding hydrogens is 287 g/mol. The van der Waals surface area contributed by atoms with Crippen LogP contribution in [0.4, 0.5) is 13.2 Å². The molecule has 0 aliphatic heterocycles. The Hall–Kier alpha value is -1.15. The maximum absolute atomic E-state index is 13.0. The van der Waals surface area contributed by atoms with Gasteiger partial charge in [0.25, 0.3) is 0 Å². The quantitative estimate of drug-likeness (QED) is 0.807. The lowest BCUT2D eigenvalue weighted by atomic mass is 9.89. The molecule has 0 aliphatic rings. The number of alkyl halides is 3. The number of halogens is 3. The lowest BCUT2D eigenvalue weighted by molar-refractivity contribution is -0.268. The van der Waals surface area contributed by atoms with E-state index in [-0.39, 0.29) is 13.0 Å². The summed E-state index contributed by atoms with van der Waals surface area (Å²) in [6.07, 6.45) is -3.14. The zero-order valence-corrected chi connectivity index (χ0v) is 12.5. The molecule has 1 rings (SSSR count). The Morgan fingerprint density at radius 3 is 2.38 bits per heavy atom. The molecule has 1 heterocycles. The summed E-state index contributed by atoms with van der Waals surface area (Å²) in [7, 11) is 0. The van der Waals surface area contributed by atoms with Gasteiger partial charge in [0.1, 0.15) is 0 Å². The van der Waals surface area contributed by atoms with Gasteiger partial charge < -0.3 is 10.2 Å². The largest absolute Gasteiger partial charge is 0.419 e. The summed E-state index contributed by atoms with van der Waals surface area (Å²) < 4.78 is 39.9. The first-order valence-corrected chi connectivity index (χ1v) is 6.82. The fourth-order valence-corrected chi connectivity index (χ4v) is 2.04. The minimum atomic E-state index is -4.72. The van der Waals surface area contributed by atoms with Crippen LogP contribution in [0.3, 0.4) is 0 Å². The predicted octanol–water partition coefficient (Wildman–Crippen LogP) is 1.93. The molecule has 8 heteroatoms. The third-order valence-electron chi connectivity index (χ3n) is 3.29. The fraction of sp³-hybridized carbons (Fsp3) is 0.846. The second-order valence-corrected chi connectivity index (χ2v) is 6.19. The van der Waals surface area contributed by atoms with Crippen molar-refractivity contribution in [3.8, 4) is 0 Å². The van der Waals surface area contributed by atoms with E-state index in [4.69, 9.17) is 0 Å². The number of aliphatic hydroxyl groups excluding tert-OH is 1. The number of aliphatic hydroxyl groups is 2. The van der Waals surface area contributed by atoms with Crippen molar-refractivity contribution < 1.29 is 23.4 Å². The molecule has 0 saturated carbocycles. The Labute approximate surface area is 121 Å². The molecule has 21 heavy (non-hydrogen) atoms. The molecule has 5 nitrogen and oxygen atoms in total. The van der Waals surface area contributed by atoms with Crippen molar-refractivity contribution in [1.82, 2.24) is 15.0 Å². The van der Waals surface area contributed by atoms with Gasteiger partial charge in [0, 0.05) is 19.2 Å². The van der Waals surface area contributed by atoms with Crippen LogP contribution in [0.15, 0.2) is 6.20 Å². The highest BCUT2D eigenvalue weighted by Gasteiger charge is 2.53. The summed E-state index contributed by atoms with van der Waals surface area (Å²) >= 11 is 0. The topological polar surface area (TPSA) is 71.2 Å². The van der Waals surface area contributed by atoms with Gasteiger partial charge in [0.15, 0.2) is 5.60 Å². The Morgan fingerprint density at radius 2 is 1.90 bits per heavy atom. The average molecular weight is 309 g/mol. The Bertz CT molecular complexity index is 460. The number of rotatable bonds is 7. The van der Waals surface area contributed by atoms with E-state index < -0.39 is 30.2 Å². The van der Waals surface area contributed by atoms with E-state index in [9.17, 15) is 23.4 Å². The molecular formula is C13H22F3N3O2. The van der Waals surface area contributed by atoms with Crippen LogP contribution in [0.2, 0.25) is 0 Å². The second kappa shape index (κ2) is 6.31. The van der Waals surface area contributed by atoms with E-state index in [0.717, 1.165) is 4.68 Å². The molecule has 0 spiro atoms. The van der Waals surface area contributed by atoms with Crippen molar-refractivity contribution in [2.45, 2.75) is 58.4 Å². The zero-order valence-electron chi connectivity index (χ0n) is 12.5. The number of hydrogen-bond acceptors (Lipinski definition) is 4. The van der Waals surface area contributed by atoms with Crippen LogP contribution in [-0.4, -0.2) is 43.6 Å². The highest BCUT2D eigenvalue weighted by Crippen LogP contribution is 2.35. The Morgan fingerprint density at radius 1 is 1.29 bits per heavy atom. The maximum atomic E-state index is 13.0. The van der Waals surface area contributed by atoms with E-state index in [1.807, 2.05) is 13.8 Å². The van der Waals surface area contributed by atoms with E-state index in [0.29, 0.717) is 12.1 Å². The van der Waals surface area contributed by atoms with Gasteiger partial charge in [-0.1, -0.05) is 32.4 Å². The van der Waals surface area contributed by atoms with Gasteiger partial charge in [-0.25, -0.2) is 4.68 Å². The predicted molar refractivity (Wildman–Crippen MR) is 70.5 cm³/mol. The summed E-state index contributed by atoms with van der Waals surface area (Å²) in [6.45, 7) is 4.45. The first-order chi connectivity index (χ1) is 9.53. The third kappa shape index (κ3) is 4.67. The van der Waals surface area contributed by atoms with Gasteiger partial charge >= 0.3 is 6.18 Å². The van der Waals surface area contributed by atoms with Gasteiger partial charge in [0.2, 0.25) is 0 Å². The molecule has 122 valence electrons. The van der Waals surface area contributed by atoms with Gasteiger partial charge in [-0.05, 0) is 11.8 Å². The molecule has 1 atom stereocenters. The van der Waals surface area contributed by atoms with Crippen LogP contribution in [-0.2, 0) is 13.0 Å². The van der Waals surface area contributed by atoms with E-state index >= 15 is 0 Å². The van der Waals surface area contributed by atoms with Crippen molar-refractivity contribution >= 4 is 0 Å². The summed E-state index contributed by atoms with van der Waals surface area (Å²) in [4.78, 5) is 0.